The predicted octanol–water partition coefficient (Wildman–Crippen LogP) is 2.55. The van der Waals surface area contributed by atoms with Crippen LogP contribution in [0, 0.1) is 25.2 Å². The molecule has 1 aliphatic heterocycles. The molecule has 1 N–H and O–H groups in total. The monoisotopic (exact) mass is 245 g/mol. The van der Waals surface area contributed by atoms with Crippen LogP contribution in [0.1, 0.15) is 37.1 Å². The fourth-order valence-corrected chi connectivity index (χ4v) is 2.34. The Morgan fingerprint density at radius 2 is 2.28 bits per heavy atom. The van der Waals surface area contributed by atoms with Gasteiger partial charge in [-0.15, -0.1) is 0 Å². The zero-order valence-corrected chi connectivity index (χ0v) is 11.4. The van der Waals surface area contributed by atoms with Crippen LogP contribution in [0.3, 0.4) is 0 Å². The van der Waals surface area contributed by atoms with E-state index in [-0.39, 0.29) is 11.6 Å². The number of hydrogen-bond donors (Lipinski definition) is 1. The van der Waals surface area contributed by atoms with Crippen molar-refractivity contribution in [2.24, 2.45) is 0 Å². The second kappa shape index (κ2) is 4.58. The zero-order chi connectivity index (χ0) is 13.3. The molecule has 18 heavy (non-hydrogen) atoms. The van der Waals surface area contributed by atoms with Gasteiger partial charge in [0, 0.05) is 12.3 Å². The normalized spacial score (nSPS) is 26.9. The Morgan fingerprint density at radius 3 is 2.83 bits per heavy atom. The number of aromatic nitrogens is 1. The van der Waals surface area contributed by atoms with Crippen LogP contribution < -0.4 is 5.32 Å². The molecule has 1 saturated heterocycles. The molecule has 2 heterocycles. The number of pyridine rings is 1. The first-order valence-corrected chi connectivity index (χ1v) is 6.24. The molecular formula is C14H19N3O. The van der Waals surface area contributed by atoms with E-state index in [4.69, 9.17) is 4.74 Å². The smallest absolute Gasteiger partial charge is 0.144 e. The standard InChI is InChI=1S/C14H19N3O/c1-9-7-10(2)16-13(12(9)8-15)17-14(4)5-6-18-11(14)3/h7,11H,5-6H2,1-4H3,(H,16,17). The van der Waals surface area contributed by atoms with Gasteiger partial charge in [-0.2, -0.15) is 5.26 Å². The molecule has 0 spiro atoms. The molecule has 0 aliphatic carbocycles. The molecule has 2 atom stereocenters. The van der Waals surface area contributed by atoms with E-state index in [1.165, 1.54) is 0 Å². The van der Waals surface area contributed by atoms with Crippen LogP contribution in [0.25, 0.3) is 0 Å². The highest BCUT2D eigenvalue weighted by atomic mass is 16.5. The SMILES string of the molecule is Cc1cc(C)c(C#N)c(NC2(C)CCOC2C)n1. The van der Waals surface area contributed by atoms with Crippen LogP contribution in [-0.4, -0.2) is 23.2 Å². The third-order valence-electron chi connectivity index (χ3n) is 3.75. The van der Waals surface area contributed by atoms with Crippen LogP contribution in [-0.2, 0) is 4.74 Å². The largest absolute Gasteiger partial charge is 0.376 e. The minimum atomic E-state index is -0.154. The van der Waals surface area contributed by atoms with Crippen molar-refractivity contribution in [3.8, 4) is 6.07 Å². The number of nitriles is 1. The lowest BCUT2D eigenvalue weighted by Gasteiger charge is -2.30. The molecule has 1 aromatic heterocycles. The highest BCUT2D eigenvalue weighted by molar-refractivity contribution is 5.57. The maximum absolute atomic E-state index is 9.25. The Kier molecular flexibility index (Phi) is 3.27. The van der Waals surface area contributed by atoms with Gasteiger partial charge in [0.25, 0.3) is 0 Å². The molecule has 4 nitrogen and oxygen atoms in total. The maximum atomic E-state index is 9.25. The average Bonchev–Trinajstić information content (AvgIpc) is 2.58. The average molecular weight is 245 g/mol. The van der Waals surface area contributed by atoms with Gasteiger partial charge in [-0.3, -0.25) is 0 Å². The number of anilines is 1. The van der Waals surface area contributed by atoms with E-state index < -0.39 is 0 Å². The second-order valence-corrected chi connectivity index (χ2v) is 5.22. The number of ether oxygens (including phenoxy) is 1. The summed E-state index contributed by atoms with van der Waals surface area (Å²) in [5.41, 5.74) is 2.35. The molecule has 1 aromatic rings. The molecule has 2 rings (SSSR count). The summed E-state index contributed by atoms with van der Waals surface area (Å²) < 4.78 is 5.60. The van der Waals surface area contributed by atoms with Gasteiger partial charge in [0.05, 0.1) is 17.2 Å². The Bertz CT molecular complexity index is 506. The van der Waals surface area contributed by atoms with Crippen molar-refractivity contribution < 1.29 is 4.74 Å². The summed E-state index contributed by atoms with van der Waals surface area (Å²) in [5.74, 6) is 0.676. The highest BCUT2D eigenvalue weighted by Crippen LogP contribution is 2.30. The quantitative estimate of drug-likeness (QED) is 0.870. The molecule has 0 amide bonds. The predicted molar refractivity (Wildman–Crippen MR) is 70.5 cm³/mol. The number of nitrogens with one attached hydrogen (secondary N) is 1. The van der Waals surface area contributed by atoms with Crippen LogP contribution in [0.15, 0.2) is 6.07 Å². The van der Waals surface area contributed by atoms with E-state index in [0.29, 0.717) is 11.4 Å². The topological polar surface area (TPSA) is 57.9 Å². The van der Waals surface area contributed by atoms with Crippen LogP contribution >= 0.6 is 0 Å². The lowest BCUT2D eigenvalue weighted by molar-refractivity contribution is 0.105. The summed E-state index contributed by atoms with van der Waals surface area (Å²) in [6, 6.07) is 4.16. The van der Waals surface area contributed by atoms with Gasteiger partial charge in [-0.05, 0) is 45.7 Å². The van der Waals surface area contributed by atoms with Gasteiger partial charge in [0.1, 0.15) is 11.9 Å². The minimum absolute atomic E-state index is 0.117. The third kappa shape index (κ3) is 2.19. The summed E-state index contributed by atoms with van der Waals surface area (Å²) in [6.07, 6.45) is 1.04. The Balaban J connectivity index is 2.37. The van der Waals surface area contributed by atoms with Crippen LogP contribution in [0.2, 0.25) is 0 Å². The molecule has 0 saturated carbocycles. The summed E-state index contributed by atoms with van der Waals surface area (Å²) in [7, 11) is 0. The molecular weight excluding hydrogens is 226 g/mol. The van der Waals surface area contributed by atoms with Gasteiger partial charge in [0.15, 0.2) is 0 Å². The maximum Gasteiger partial charge on any atom is 0.144 e. The summed E-state index contributed by atoms with van der Waals surface area (Å²) in [4.78, 5) is 4.46. The van der Waals surface area contributed by atoms with E-state index >= 15 is 0 Å². The van der Waals surface area contributed by atoms with Crippen LogP contribution in [0.5, 0.6) is 0 Å². The number of hydrogen-bond acceptors (Lipinski definition) is 4. The highest BCUT2D eigenvalue weighted by Gasteiger charge is 2.37. The first kappa shape index (κ1) is 12.8. The molecule has 2 unspecified atom stereocenters. The van der Waals surface area contributed by atoms with E-state index in [1.807, 2.05) is 19.9 Å². The fraction of sp³-hybridized carbons (Fsp3) is 0.571. The summed E-state index contributed by atoms with van der Waals surface area (Å²) in [5, 5.41) is 12.7. The van der Waals surface area contributed by atoms with Crippen molar-refractivity contribution >= 4 is 5.82 Å². The van der Waals surface area contributed by atoms with Crippen molar-refractivity contribution in [3.63, 3.8) is 0 Å². The molecule has 96 valence electrons. The molecule has 0 radical (unpaired) electrons. The Labute approximate surface area is 108 Å². The molecule has 1 fully saturated rings. The van der Waals surface area contributed by atoms with Gasteiger partial charge >= 0.3 is 0 Å². The van der Waals surface area contributed by atoms with Crippen LogP contribution in [0.4, 0.5) is 5.82 Å². The molecule has 0 aromatic carbocycles. The molecule has 1 aliphatic rings. The van der Waals surface area contributed by atoms with Crippen molar-refractivity contribution in [1.82, 2.24) is 4.98 Å². The number of aryl methyl sites for hydroxylation is 2. The first-order valence-electron chi connectivity index (χ1n) is 6.24. The van der Waals surface area contributed by atoms with Crippen molar-refractivity contribution in [2.75, 3.05) is 11.9 Å². The van der Waals surface area contributed by atoms with Crippen molar-refractivity contribution in [3.05, 3.63) is 22.9 Å². The van der Waals surface area contributed by atoms with Crippen molar-refractivity contribution in [2.45, 2.75) is 45.8 Å². The first-order chi connectivity index (χ1) is 8.46. The van der Waals surface area contributed by atoms with E-state index in [9.17, 15) is 5.26 Å². The van der Waals surface area contributed by atoms with Gasteiger partial charge in [-0.25, -0.2) is 4.98 Å². The zero-order valence-electron chi connectivity index (χ0n) is 11.4. The second-order valence-electron chi connectivity index (χ2n) is 5.22. The number of rotatable bonds is 2. The Hall–Kier alpha value is -1.60. The molecule has 4 heteroatoms. The summed E-state index contributed by atoms with van der Waals surface area (Å²) >= 11 is 0. The van der Waals surface area contributed by atoms with Crippen molar-refractivity contribution in [1.29, 1.82) is 5.26 Å². The Morgan fingerprint density at radius 1 is 1.56 bits per heavy atom. The third-order valence-corrected chi connectivity index (χ3v) is 3.75. The minimum Gasteiger partial charge on any atom is -0.376 e. The summed E-state index contributed by atoms with van der Waals surface area (Å²) in [6.45, 7) is 8.79. The fourth-order valence-electron chi connectivity index (χ4n) is 2.34. The van der Waals surface area contributed by atoms with E-state index in [0.717, 1.165) is 24.3 Å². The van der Waals surface area contributed by atoms with Gasteiger partial charge < -0.3 is 10.1 Å². The lowest BCUT2D eigenvalue weighted by atomic mass is 9.94. The lowest BCUT2D eigenvalue weighted by Crippen LogP contribution is -2.41. The van der Waals surface area contributed by atoms with Gasteiger partial charge in [-0.1, -0.05) is 0 Å². The van der Waals surface area contributed by atoms with E-state index in [2.05, 4.69) is 30.2 Å². The molecule has 0 bridgehead atoms. The van der Waals surface area contributed by atoms with Gasteiger partial charge in [0.2, 0.25) is 0 Å². The number of nitrogens with zero attached hydrogens (tertiary/aromatic N) is 2. The van der Waals surface area contributed by atoms with E-state index in [1.54, 1.807) is 0 Å².